The summed E-state index contributed by atoms with van der Waals surface area (Å²) in [6, 6.07) is 7.94. The molecule has 116 valence electrons. The maximum atomic E-state index is 5.89. The molecular weight excluding hydrogens is 412 g/mol. The molecule has 1 aliphatic rings. The van der Waals surface area contributed by atoms with Crippen molar-refractivity contribution in [3.05, 3.63) is 44.5 Å². The van der Waals surface area contributed by atoms with Crippen LogP contribution < -0.4 is 4.90 Å². The largest absolute Gasteiger partial charge is 0.438 e. The lowest BCUT2D eigenvalue weighted by Gasteiger charge is -2.26. The molecule has 22 heavy (non-hydrogen) atoms. The normalized spacial score (nSPS) is 15.7. The summed E-state index contributed by atoms with van der Waals surface area (Å²) in [5.41, 5.74) is 2.06. The molecule has 1 saturated heterocycles. The molecule has 0 saturated carbocycles. The Kier molecular flexibility index (Phi) is 5.00. The standard InChI is InChI=1S/C16H16Br2N2O2/c1-11-8-12(2-3-14(11)17)19-10-13-9-15(18)16(22-13)20-4-6-21-7-5-20/h2-3,8-10H,4-7H2,1H3. The van der Waals surface area contributed by atoms with Crippen LogP contribution in [0.3, 0.4) is 0 Å². The highest BCUT2D eigenvalue weighted by Crippen LogP contribution is 2.30. The average Bonchev–Trinajstić information content (AvgIpc) is 2.90. The average molecular weight is 428 g/mol. The van der Waals surface area contributed by atoms with Gasteiger partial charge >= 0.3 is 0 Å². The van der Waals surface area contributed by atoms with Gasteiger partial charge in [0, 0.05) is 23.6 Å². The van der Waals surface area contributed by atoms with E-state index in [1.54, 1.807) is 6.21 Å². The minimum absolute atomic E-state index is 0.730. The van der Waals surface area contributed by atoms with E-state index in [4.69, 9.17) is 9.15 Å². The Balaban J connectivity index is 1.77. The maximum Gasteiger partial charge on any atom is 0.210 e. The van der Waals surface area contributed by atoms with Crippen LogP contribution in [0.5, 0.6) is 0 Å². The van der Waals surface area contributed by atoms with Crippen LogP contribution in [0.2, 0.25) is 0 Å². The van der Waals surface area contributed by atoms with Crippen molar-refractivity contribution in [3.63, 3.8) is 0 Å². The first kappa shape index (κ1) is 15.8. The van der Waals surface area contributed by atoms with E-state index in [-0.39, 0.29) is 0 Å². The van der Waals surface area contributed by atoms with Crippen LogP contribution >= 0.6 is 31.9 Å². The van der Waals surface area contributed by atoms with Gasteiger partial charge in [-0.15, -0.1) is 0 Å². The highest BCUT2D eigenvalue weighted by atomic mass is 79.9. The Morgan fingerprint density at radius 1 is 1.14 bits per heavy atom. The third kappa shape index (κ3) is 3.62. The topological polar surface area (TPSA) is 38.0 Å². The van der Waals surface area contributed by atoms with Gasteiger partial charge in [-0.2, -0.15) is 0 Å². The Hall–Kier alpha value is -1.11. The molecular formula is C16H16Br2N2O2. The monoisotopic (exact) mass is 426 g/mol. The summed E-state index contributed by atoms with van der Waals surface area (Å²) < 4.78 is 13.3. The first-order valence-electron chi connectivity index (χ1n) is 7.06. The molecule has 0 radical (unpaired) electrons. The SMILES string of the molecule is Cc1cc(N=Cc2cc(Br)c(N3CCOCC3)o2)ccc1Br. The second-order valence-corrected chi connectivity index (χ2v) is 6.80. The summed E-state index contributed by atoms with van der Waals surface area (Å²) in [6.07, 6.45) is 1.75. The third-order valence-corrected chi connectivity index (χ3v) is 4.93. The Bertz CT molecular complexity index is 691. The first-order valence-corrected chi connectivity index (χ1v) is 8.64. The van der Waals surface area contributed by atoms with Crippen LogP contribution in [0, 0.1) is 6.92 Å². The number of nitrogens with zero attached hydrogens (tertiary/aromatic N) is 2. The van der Waals surface area contributed by atoms with Crippen molar-refractivity contribution in [2.75, 3.05) is 31.2 Å². The highest BCUT2D eigenvalue weighted by Gasteiger charge is 2.18. The predicted molar refractivity (Wildman–Crippen MR) is 95.6 cm³/mol. The second kappa shape index (κ2) is 6.98. The number of aliphatic imine (C=N–C) groups is 1. The van der Waals surface area contributed by atoms with Crippen molar-refractivity contribution in [2.45, 2.75) is 6.92 Å². The van der Waals surface area contributed by atoms with E-state index in [0.717, 1.165) is 58.1 Å². The van der Waals surface area contributed by atoms with Crippen molar-refractivity contribution in [3.8, 4) is 0 Å². The molecule has 0 atom stereocenters. The summed E-state index contributed by atoms with van der Waals surface area (Å²) in [5.74, 6) is 1.57. The predicted octanol–water partition coefficient (Wildman–Crippen LogP) is 4.70. The maximum absolute atomic E-state index is 5.89. The fourth-order valence-corrected chi connectivity index (χ4v) is 3.07. The molecule has 1 aliphatic heterocycles. The van der Waals surface area contributed by atoms with Gasteiger partial charge in [-0.1, -0.05) is 15.9 Å². The van der Waals surface area contributed by atoms with Gasteiger partial charge in [-0.25, -0.2) is 0 Å². The van der Waals surface area contributed by atoms with Crippen molar-refractivity contribution < 1.29 is 9.15 Å². The highest BCUT2D eigenvalue weighted by molar-refractivity contribution is 9.10. The molecule has 0 amide bonds. The van der Waals surface area contributed by atoms with Gasteiger partial charge in [-0.05, 0) is 46.6 Å². The number of furan rings is 1. The first-order chi connectivity index (χ1) is 10.6. The zero-order chi connectivity index (χ0) is 15.5. The Labute approximate surface area is 146 Å². The number of aryl methyl sites for hydroxylation is 1. The van der Waals surface area contributed by atoms with Crippen LogP contribution in [0.4, 0.5) is 11.6 Å². The van der Waals surface area contributed by atoms with E-state index in [1.807, 2.05) is 31.2 Å². The molecule has 0 N–H and O–H groups in total. The molecule has 4 nitrogen and oxygen atoms in total. The number of anilines is 1. The summed E-state index contributed by atoms with van der Waals surface area (Å²) >= 11 is 7.05. The van der Waals surface area contributed by atoms with Gasteiger partial charge in [0.2, 0.25) is 5.88 Å². The van der Waals surface area contributed by atoms with E-state index in [2.05, 4.69) is 41.8 Å². The second-order valence-electron chi connectivity index (χ2n) is 5.09. The quantitative estimate of drug-likeness (QED) is 0.666. The van der Waals surface area contributed by atoms with Crippen molar-refractivity contribution in [2.24, 2.45) is 4.99 Å². The number of hydrogen-bond donors (Lipinski definition) is 0. The summed E-state index contributed by atoms with van der Waals surface area (Å²) in [7, 11) is 0. The molecule has 6 heteroatoms. The minimum atomic E-state index is 0.730. The van der Waals surface area contributed by atoms with Crippen molar-refractivity contribution >= 4 is 49.6 Å². The fourth-order valence-electron chi connectivity index (χ4n) is 2.27. The molecule has 0 bridgehead atoms. The molecule has 1 aromatic carbocycles. The zero-order valence-electron chi connectivity index (χ0n) is 12.2. The zero-order valence-corrected chi connectivity index (χ0v) is 15.4. The van der Waals surface area contributed by atoms with Crippen LogP contribution in [0.25, 0.3) is 0 Å². The van der Waals surface area contributed by atoms with Crippen LogP contribution in [-0.2, 0) is 4.74 Å². The number of benzene rings is 1. The van der Waals surface area contributed by atoms with E-state index in [0.29, 0.717) is 0 Å². The van der Waals surface area contributed by atoms with Crippen LogP contribution in [-0.4, -0.2) is 32.5 Å². The molecule has 3 rings (SSSR count). The Morgan fingerprint density at radius 3 is 2.64 bits per heavy atom. The number of rotatable bonds is 3. The van der Waals surface area contributed by atoms with Crippen molar-refractivity contribution in [1.82, 2.24) is 0 Å². The number of hydrogen-bond acceptors (Lipinski definition) is 4. The van der Waals surface area contributed by atoms with Gasteiger partial charge in [0.1, 0.15) is 5.76 Å². The summed E-state index contributed by atoms with van der Waals surface area (Å²) in [5, 5.41) is 0. The number of halogens is 2. The van der Waals surface area contributed by atoms with Gasteiger partial charge in [0.05, 0.1) is 29.6 Å². The van der Waals surface area contributed by atoms with E-state index in [9.17, 15) is 0 Å². The van der Waals surface area contributed by atoms with Gasteiger partial charge in [-0.3, -0.25) is 4.99 Å². The summed E-state index contributed by atoms with van der Waals surface area (Å²) in [4.78, 5) is 6.65. The smallest absolute Gasteiger partial charge is 0.210 e. The number of morpholine rings is 1. The lowest BCUT2D eigenvalue weighted by atomic mass is 10.2. The molecule has 2 aromatic rings. The van der Waals surface area contributed by atoms with Crippen molar-refractivity contribution in [1.29, 1.82) is 0 Å². The lowest BCUT2D eigenvalue weighted by molar-refractivity contribution is 0.120. The molecule has 0 unspecified atom stereocenters. The molecule has 2 heterocycles. The van der Waals surface area contributed by atoms with E-state index in [1.165, 1.54) is 0 Å². The summed E-state index contributed by atoms with van der Waals surface area (Å²) in [6.45, 7) is 5.19. The minimum Gasteiger partial charge on any atom is -0.438 e. The van der Waals surface area contributed by atoms with Gasteiger partial charge < -0.3 is 14.1 Å². The van der Waals surface area contributed by atoms with Gasteiger partial charge in [0.25, 0.3) is 0 Å². The lowest BCUT2D eigenvalue weighted by Crippen LogP contribution is -2.36. The third-order valence-electron chi connectivity index (χ3n) is 3.47. The van der Waals surface area contributed by atoms with E-state index >= 15 is 0 Å². The molecule has 0 spiro atoms. The number of ether oxygens (including phenoxy) is 1. The van der Waals surface area contributed by atoms with Crippen LogP contribution in [0.1, 0.15) is 11.3 Å². The fraction of sp³-hybridized carbons (Fsp3) is 0.312. The van der Waals surface area contributed by atoms with Gasteiger partial charge in [0.15, 0.2) is 0 Å². The van der Waals surface area contributed by atoms with E-state index < -0.39 is 0 Å². The molecule has 0 aliphatic carbocycles. The Morgan fingerprint density at radius 2 is 1.91 bits per heavy atom. The van der Waals surface area contributed by atoms with Crippen LogP contribution in [0.15, 0.2) is 42.6 Å². The molecule has 1 fully saturated rings. The molecule has 1 aromatic heterocycles.